The van der Waals surface area contributed by atoms with Gasteiger partial charge in [0.1, 0.15) is 11.3 Å². The van der Waals surface area contributed by atoms with Crippen LogP contribution >= 0.6 is 0 Å². The predicted molar refractivity (Wildman–Crippen MR) is 123 cm³/mol. The molecule has 0 saturated carbocycles. The quantitative estimate of drug-likeness (QED) is 0.436. The summed E-state index contributed by atoms with van der Waals surface area (Å²) in [7, 11) is 1.54. The van der Waals surface area contributed by atoms with Crippen LogP contribution in [0.25, 0.3) is 11.0 Å². The Hall–Kier alpha value is -3.61. The number of aryl methyl sites for hydroxylation is 2. The van der Waals surface area contributed by atoms with Crippen LogP contribution in [0.5, 0.6) is 5.75 Å². The minimum Gasteiger partial charge on any atom is -0.497 e. The van der Waals surface area contributed by atoms with Gasteiger partial charge < -0.3 is 19.2 Å². The van der Waals surface area contributed by atoms with E-state index < -0.39 is 11.6 Å². The monoisotopic (exact) mass is 449 g/mol. The summed E-state index contributed by atoms with van der Waals surface area (Å²) in [5.74, 6) is -0.278. The molecule has 1 N–H and O–H groups in total. The zero-order chi connectivity index (χ0) is 23.4. The smallest absolute Gasteiger partial charge is 0.339 e. The average molecular weight is 450 g/mol. The highest BCUT2D eigenvalue weighted by Crippen LogP contribution is 2.29. The Morgan fingerprint density at radius 1 is 1.18 bits per heavy atom. The molecule has 7 heteroatoms. The number of hydrogen-bond acceptors (Lipinski definition) is 6. The third-order valence-electron chi connectivity index (χ3n) is 6.14. The zero-order valence-corrected chi connectivity index (χ0v) is 18.8. The molecule has 4 rings (SSSR count). The van der Waals surface area contributed by atoms with Gasteiger partial charge in [-0.15, -0.1) is 0 Å². The Morgan fingerprint density at radius 2 is 2.00 bits per heavy atom. The molecule has 2 aromatic carbocycles. The summed E-state index contributed by atoms with van der Waals surface area (Å²) in [5, 5.41) is 3.74. The van der Waals surface area contributed by atoms with Gasteiger partial charge in [-0.05, 0) is 61.4 Å². The molecule has 1 unspecified atom stereocenters. The van der Waals surface area contributed by atoms with E-state index in [4.69, 9.17) is 13.9 Å². The number of carbonyl (C=O) groups excluding carboxylic acids is 2. The van der Waals surface area contributed by atoms with Crippen molar-refractivity contribution in [3.8, 4) is 5.75 Å². The van der Waals surface area contributed by atoms with Crippen LogP contribution in [0.4, 0.5) is 0 Å². The number of esters is 1. The highest BCUT2D eigenvalue weighted by molar-refractivity contribution is 5.83. The number of nitrogens with one attached hydrogen (secondary N) is 1. The van der Waals surface area contributed by atoms with Crippen LogP contribution in [0.15, 0.2) is 51.7 Å². The van der Waals surface area contributed by atoms with E-state index in [1.54, 1.807) is 19.2 Å². The molecule has 0 spiro atoms. The van der Waals surface area contributed by atoms with Crippen LogP contribution in [0.3, 0.4) is 0 Å². The lowest BCUT2D eigenvalue weighted by molar-refractivity contribution is -0.148. The third-order valence-corrected chi connectivity index (χ3v) is 6.14. The number of methoxy groups -OCH3 is 1. The van der Waals surface area contributed by atoms with Gasteiger partial charge in [-0.3, -0.25) is 9.59 Å². The van der Waals surface area contributed by atoms with Crippen molar-refractivity contribution in [1.82, 2.24) is 5.32 Å². The number of rotatable bonds is 7. The Bertz CT molecular complexity index is 1250. The minimum atomic E-state index is -0.539. The maximum atomic E-state index is 12.4. The summed E-state index contributed by atoms with van der Waals surface area (Å²) in [6, 6.07) is 13.3. The van der Waals surface area contributed by atoms with Gasteiger partial charge in [0.05, 0.1) is 13.2 Å². The summed E-state index contributed by atoms with van der Waals surface area (Å²) < 4.78 is 15.7. The highest BCUT2D eigenvalue weighted by atomic mass is 16.5. The van der Waals surface area contributed by atoms with Gasteiger partial charge in [0.15, 0.2) is 6.61 Å². The molecular formula is C26H27NO6. The molecule has 1 atom stereocenters. The molecule has 1 aromatic heterocycles. The summed E-state index contributed by atoms with van der Waals surface area (Å²) in [6.45, 7) is 1.48. The molecular weight excluding hydrogens is 422 g/mol. The van der Waals surface area contributed by atoms with Gasteiger partial charge in [0.2, 0.25) is 0 Å². The van der Waals surface area contributed by atoms with Crippen LogP contribution < -0.4 is 15.7 Å². The first-order valence-electron chi connectivity index (χ1n) is 11.1. The number of benzene rings is 2. The van der Waals surface area contributed by atoms with E-state index >= 15 is 0 Å². The third kappa shape index (κ3) is 5.08. The van der Waals surface area contributed by atoms with Crippen molar-refractivity contribution in [2.45, 2.75) is 45.1 Å². The Labute approximate surface area is 191 Å². The number of hydrogen-bond donors (Lipinski definition) is 1. The first kappa shape index (κ1) is 22.6. The first-order valence-corrected chi connectivity index (χ1v) is 11.1. The van der Waals surface area contributed by atoms with Gasteiger partial charge in [0, 0.05) is 23.4 Å². The summed E-state index contributed by atoms with van der Waals surface area (Å²) >= 11 is 0. The SMILES string of the molecule is COc1ccc2c(C)c(CCC(=O)OCC(=O)NC3CCCc4ccccc43)c(=O)oc2c1. The van der Waals surface area contributed by atoms with Crippen LogP contribution in [0.2, 0.25) is 0 Å². The fraction of sp³-hybridized carbons (Fsp3) is 0.346. The normalized spacial score (nSPS) is 15.0. The van der Waals surface area contributed by atoms with Crippen molar-refractivity contribution in [3.63, 3.8) is 0 Å². The Balaban J connectivity index is 1.32. The molecule has 1 heterocycles. The van der Waals surface area contributed by atoms with Gasteiger partial charge in [-0.25, -0.2) is 4.79 Å². The molecule has 7 nitrogen and oxygen atoms in total. The molecule has 1 aliphatic carbocycles. The van der Waals surface area contributed by atoms with Crippen LogP contribution in [-0.4, -0.2) is 25.6 Å². The van der Waals surface area contributed by atoms with Crippen molar-refractivity contribution in [2.75, 3.05) is 13.7 Å². The van der Waals surface area contributed by atoms with Gasteiger partial charge in [-0.1, -0.05) is 24.3 Å². The van der Waals surface area contributed by atoms with E-state index in [1.165, 1.54) is 5.56 Å². The maximum absolute atomic E-state index is 12.4. The Morgan fingerprint density at radius 3 is 2.82 bits per heavy atom. The maximum Gasteiger partial charge on any atom is 0.339 e. The second kappa shape index (κ2) is 9.90. The number of amides is 1. The number of ether oxygens (including phenoxy) is 2. The fourth-order valence-corrected chi connectivity index (χ4v) is 4.38. The highest BCUT2D eigenvalue weighted by Gasteiger charge is 2.22. The van der Waals surface area contributed by atoms with E-state index in [0.717, 1.165) is 35.8 Å². The van der Waals surface area contributed by atoms with Gasteiger partial charge in [-0.2, -0.15) is 0 Å². The molecule has 0 bridgehead atoms. The summed E-state index contributed by atoms with van der Waals surface area (Å²) in [6.07, 6.45) is 3.02. The lowest BCUT2D eigenvalue weighted by atomic mass is 9.88. The topological polar surface area (TPSA) is 94.8 Å². The van der Waals surface area contributed by atoms with E-state index in [2.05, 4.69) is 11.4 Å². The molecule has 0 saturated heterocycles. The molecule has 1 aliphatic rings. The van der Waals surface area contributed by atoms with Crippen molar-refractivity contribution >= 4 is 22.8 Å². The van der Waals surface area contributed by atoms with Crippen molar-refractivity contribution in [1.29, 1.82) is 0 Å². The lowest BCUT2D eigenvalue weighted by Crippen LogP contribution is -2.34. The summed E-state index contributed by atoms with van der Waals surface area (Å²) in [5.41, 5.74) is 3.49. The van der Waals surface area contributed by atoms with Gasteiger partial charge >= 0.3 is 11.6 Å². The molecule has 1 amide bonds. The van der Waals surface area contributed by atoms with Crippen molar-refractivity contribution in [2.24, 2.45) is 0 Å². The molecule has 0 fully saturated rings. The van der Waals surface area contributed by atoms with E-state index in [-0.39, 0.29) is 31.4 Å². The van der Waals surface area contributed by atoms with E-state index in [0.29, 0.717) is 16.9 Å². The molecule has 3 aromatic rings. The molecule has 0 aliphatic heterocycles. The van der Waals surface area contributed by atoms with Crippen LogP contribution in [0, 0.1) is 6.92 Å². The van der Waals surface area contributed by atoms with Crippen molar-refractivity contribution < 1.29 is 23.5 Å². The molecule has 33 heavy (non-hydrogen) atoms. The van der Waals surface area contributed by atoms with Crippen molar-refractivity contribution in [3.05, 3.63) is 75.1 Å². The Kier molecular flexibility index (Phi) is 6.77. The average Bonchev–Trinajstić information content (AvgIpc) is 2.82. The predicted octanol–water partition coefficient (Wildman–Crippen LogP) is 3.78. The number of fused-ring (bicyclic) bond motifs is 2. The van der Waals surface area contributed by atoms with Gasteiger partial charge in [0.25, 0.3) is 5.91 Å². The summed E-state index contributed by atoms with van der Waals surface area (Å²) in [4.78, 5) is 37.0. The van der Waals surface area contributed by atoms with E-state index in [9.17, 15) is 14.4 Å². The standard InChI is InChI=1S/C26H27NO6/c1-16-19-11-10-18(31-2)14-23(19)33-26(30)20(16)12-13-25(29)32-15-24(28)27-22-9-5-7-17-6-3-4-8-21(17)22/h3-4,6,8,10-11,14,22H,5,7,9,12-13,15H2,1-2H3,(H,27,28). The minimum absolute atomic E-state index is 0.0210. The first-order chi connectivity index (χ1) is 16.0. The molecule has 0 radical (unpaired) electrons. The largest absolute Gasteiger partial charge is 0.497 e. The fourth-order valence-electron chi connectivity index (χ4n) is 4.38. The van der Waals surface area contributed by atoms with E-state index in [1.807, 2.05) is 31.2 Å². The number of carbonyl (C=O) groups is 2. The lowest BCUT2D eigenvalue weighted by Gasteiger charge is -2.26. The second-order valence-corrected chi connectivity index (χ2v) is 8.23. The van der Waals surface area contributed by atoms with Crippen LogP contribution in [-0.2, 0) is 27.2 Å². The molecule has 172 valence electrons. The zero-order valence-electron chi connectivity index (χ0n) is 18.8. The van der Waals surface area contributed by atoms with Crippen LogP contribution in [0.1, 0.15) is 47.6 Å². The second-order valence-electron chi connectivity index (χ2n) is 8.23.